The second kappa shape index (κ2) is 42.6. The molecule has 6 aliphatic rings. The first-order valence-electron chi connectivity index (χ1n) is 38.1. The number of likely N-dealkylation sites (tertiary alicyclic amines) is 2. The molecule has 0 bridgehead atoms. The molecule has 7 aromatic rings. The number of rotatable bonds is 20. The molecule has 6 aliphatic heterocycles. The van der Waals surface area contributed by atoms with Crippen molar-refractivity contribution < 1.29 is 89.5 Å². The van der Waals surface area contributed by atoms with Crippen molar-refractivity contribution in [2.45, 2.75) is 179 Å². The van der Waals surface area contributed by atoms with Gasteiger partial charge >= 0.3 is 42.4 Å². The molecule has 0 spiro atoms. The van der Waals surface area contributed by atoms with E-state index in [-0.39, 0.29) is 54.5 Å². The Hall–Kier alpha value is -10.5. The van der Waals surface area contributed by atoms with Crippen LogP contribution in [0, 0.1) is 48.5 Å². The van der Waals surface area contributed by atoms with E-state index in [1.165, 1.54) is 63.2 Å². The fourth-order valence-corrected chi connectivity index (χ4v) is 13.9. The number of benzene rings is 7. The minimum absolute atomic E-state index is 0.0632. The standard InChI is InChI=1S/C18H19NO5S.C16H23NO4.C15H20N2O2.C14H22N2O.C12H13NO4.C11H13NO3/c1-12-3-7-14(8-4-12)17-16(19-18(20)24-17)11-23-25(21,22)15-9-5-13(2)6-10-15;1-11-6-8-12(9-7-11)10-13(14(18)20-5)17-15(19)21-16(2,3)4;1-11-4-6-12(7-5-11)14-13(16-15(18)19-14)10-17-8-2-3-9-17;1-11-4-6-12(7-5-11)14(17)13(15)10-16-8-2-3-9-16;1-7-3-5-8(6-4-7)10-9(11(14)16-2)13-12(15)17-10;1-7-2-4-8(5-3-7)10-9(6-13)12-11(14)15-10/h3-10,16-17H,11H2,1-2H3,(H,19,20);6-9,13H,10H2,1-5H3,(H,17,19);4-7,13-14H,2-3,8-10H2,1H3,(H,16,18);4-7,13-14,17H,2-3,8-10,15H2,1H3;3-6,9-10H,1-2H3,(H,13,15);2-5,9-10,13H,6H2,1H3,(H,12,14)/t16-,17-;13-;2*13-,14-;9-,10+;9-,10-/m101101/s1. The molecule has 6 fully saturated rings. The minimum Gasteiger partial charge on any atom is -0.467 e. The first-order chi connectivity index (χ1) is 54.3. The van der Waals surface area contributed by atoms with Crippen LogP contribution in [-0.2, 0) is 63.5 Å². The molecule has 28 heteroatoms. The van der Waals surface area contributed by atoms with Gasteiger partial charge in [-0.15, -0.1) is 0 Å². The van der Waals surface area contributed by atoms with Crippen LogP contribution in [0.3, 0.4) is 0 Å². The zero-order chi connectivity index (χ0) is 82.8. The zero-order valence-electron chi connectivity index (χ0n) is 66.9. The summed E-state index contributed by atoms with van der Waals surface area (Å²) >= 11 is 0. The molecule has 7 aromatic carbocycles. The number of aliphatic hydroxyl groups is 2. The van der Waals surface area contributed by atoms with E-state index < -0.39 is 88.5 Å². The number of ether oxygens (including phenoxy) is 7. The molecule has 0 radical (unpaired) electrons. The van der Waals surface area contributed by atoms with Gasteiger partial charge in [-0.2, -0.15) is 8.42 Å². The number of nitrogens with two attached hydrogens (primary N) is 1. The van der Waals surface area contributed by atoms with Gasteiger partial charge in [-0.3, -0.25) is 4.18 Å². The number of hydrogen-bond donors (Lipinski definition) is 8. The van der Waals surface area contributed by atoms with Gasteiger partial charge in [0.1, 0.15) is 11.6 Å². The van der Waals surface area contributed by atoms with Crippen LogP contribution in [0.5, 0.6) is 0 Å². The number of alkyl carbamates (subject to hydrolysis) is 5. The quantitative estimate of drug-likeness (QED) is 0.0200. The maximum absolute atomic E-state index is 12.3. The number of nitrogens with one attached hydrogen (secondary N) is 5. The van der Waals surface area contributed by atoms with E-state index >= 15 is 0 Å². The van der Waals surface area contributed by atoms with E-state index in [4.69, 9.17) is 43.4 Å². The average Bonchev–Trinajstić information content (AvgIpc) is 1.71. The lowest BCUT2D eigenvalue weighted by atomic mass is 10.0. The lowest BCUT2D eigenvalue weighted by molar-refractivity contribution is -0.144. The number of methoxy groups -OCH3 is 2. The van der Waals surface area contributed by atoms with Crippen molar-refractivity contribution in [2.75, 3.05) is 66.7 Å². The number of esters is 2. The number of carbonyl (C=O) groups excluding carboxylic acids is 7. The molecule has 6 saturated heterocycles. The summed E-state index contributed by atoms with van der Waals surface area (Å²) in [7, 11) is -1.33. The molecule has 0 aliphatic carbocycles. The number of hydrogen-bond acceptors (Lipinski definition) is 22. The van der Waals surface area contributed by atoms with Gasteiger partial charge in [0, 0.05) is 25.6 Å². The van der Waals surface area contributed by atoms with Crippen LogP contribution in [0.15, 0.2) is 175 Å². The summed E-state index contributed by atoms with van der Waals surface area (Å²) < 4.78 is 65.1. The van der Waals surface area contributed by atoms with Gasteiger partial charge in [0.25, 0.3) is 10.1 Å². The lowest BCUT2D eigenvalue weighted by Gasteiger charge is -2.24. The van der Waals surface area contributed by atoms with E-state index in [2.05, 4.69) is 72.3 Å². The van der Waals surface area contributed by atoms with Crippen LogP contribution in [0.4, 0.5) is 24.0 Å². The molecule has 27 nitrogen and oxygen atoms in total. The van der Waals surface area contributed by atoms with Crippen molar-refractivity contribution in [1.82, 2.24) is 36.4 Å². The normalized spacial score (nSPS) is 21.0. The van der Waals surface area contributed by atoms with E-state index in [0.29, 0.717) is 6.42 Å². The third-order valence-electron chi connectivity index (χ3n) is 19.4. The predicted octanol–water partition coefficient (Wildman–Crippen LogP) is 11.6. The van der Waals surface area contributed by atoms with Gasteiger partial charge in [0.15, 0.2) is 30.5 Å². The second-order valence-electron chi connectivity index (χ2n) is 30.0. The van der Waals surface area contributed by atoms with Crippen LogP contribution in [-0.4, -0.2) is 179 Å². The molecule has 614 valence electrons. The monoisotopic (exact) mass is 1590 g/mol. The van der Waals surface area contributed by atoms with Crippen molar-refractivity contribution in [3.05, 3.63) is 242 Å². The molecular weight excluding hydrogens is 1480 g/mol. The first kappa shape index (κ1) is 89.1. The minimum atomic E-state index is -3.90. The molecule has 0 aromatic heterocycles. The summed E-state index contributed by atoms with van der Waals surface area (Å²) in [5.41, 5.74) is 18.7. The number of amides is 5. The van der Waals surface area contributed by atoms with E-state index in [0.717, 1.165) is 100 Å². The Bertz CT molecular complexity index is 4370. The molecule has 11 atom stereocenters. The third-order valence-corrected chi connectivity index (χ3v) is 20.7. The summed E-state index contributed by atoms with van der Waals surface area (Å²) in [5, 5.41) is 32.3. The van der Waals surface area contributed by atoms with Crippen molar-refractivity contribution in [2.24, 2.45) is 5.73 Å². The van der Waals surface area contributed by atoms with E-state index in [1.807, 2.05) is 163 Å². The van der Waals surface area contributed by atoms with Crippen molar-refractivity contribution in [3.63, 3.8) is 0 Å². The highest BCUT2D eigenvalue weighted by Crippen LogP contribution is 2.32. The van der Waals surface area contributed by atoms with Gasteiger partial charge in [0.05, 0.1) is 56.6 Å². The molecule has 9 N–H and O–H groups in total. The first-order valence-corrected chi connectivity index (χ1v) is 39.6. The molecular formula is C86H110N8O19S. The van der Waals surface area contributed by atoms with Crippen molar-refractivity contribution in [1.29, 1.82) is 0 Å². The van der Waals surface area contributed by atoms with Crippen LogP contribution in [0.2, 0.25) is 0 Å². The Balaban J connectivity index is 0.000000172. The van der Waals surface area contributed by atoms with Crippen molar-refractivity contribution in [3.8, 4) is 0 Å². The number of aliphatic hydroxyl groups excluding tert-OH is 2. The van der Waals surface area contributed by atoms with Gasteiger partial charge < -0.3 is 85.5 Å². The maximum atomic E-state index is 12.3. The smallest absolute Gasteiger partial charge is 0.408 e. The van der Waals surface area contributed by atoms with Gasteiger partial charge in [0.2, 0.25) is 0 Å². The van der Waals surface area contributed by atoms with Crippen LogP contribution >= 0.6 is 0 Å². The summed E-state index contributed by atoms with van der Waals surface area (Å²) in [5.74, 6) is -1.01. The SMILES string of the molecule is COC(=O)[C@H](Cc1ccc(C)cc1)NC(=O)OC(C)(C)C.COC(=O)[C@H]1NC(=O)O[C@@H]1c1ccc(C)cc1.Cc1ccc([C@@H](O)[C@H](N)CN2CCCC2)cc1.Cc1ccc([C@H]2OC(=O)N[C@@H]2CN2CCCC2)cc1.Cc1ccc([C@H]2OC(=O)N[C@@H]2CO)cc1.Cc1ccc([C@H]2OC(=O)N[C@@H]2COS(=O)(=O)c2ccc(C)cc2)cc1. The van der Waals surface area contributed by atoms with Crippen LogP contribution < -0.4 is 32.3 Å². The Morgan fingerprint density at radius 1 is 0.518 bits per heavy atom. The van der Waals surface area contributed by atoms with Crippen LogP contribution in [0.1, 0.15) is 149 Å². The average molecular weight is 1590 g/mol. The van der Waals surface area contributed by atoms with Crippen molar-refractivity contribution >= 4 is 52.5 Å². The lowest BCUT2D eigenvalue weighted by Crippen LogP contribution is -2.45. The summed E-state index contributed by atoms with van der Waals surface area (Å²) in [4.78, 5) is 85.2. The Morgan fingerprint density at radius 2 is 0.886 bits per heavy atom. The van der Waals surface area contributed by atoms with Gasteiger partial charge in [-0.1, -0.05) is 197 Å². The number of carbonyl (C=O) groups is 7. The molecule has 6 heterocycles. The fourth-order valence-electron chi connectivity index (χ4n) is 13.0. The largest absolute Gasteiger partial charge is 0.467 e. The predicted molar refractivity (Wildman–Crippen MR) is 428 cm³/mol. The van der Waals surface area contributed by atoms with Crippen LogP contribution in [0.25, 0.3) is 0 Å². The van der Waals surface area contributed by atoms with Gasteiger partial charge in [-0.05, 0) is 167 Å². The highest BCUT2D eigenvalue weighted by atomic mass is 32.2. The van der Waals surface area contributed by atoms with E-state index in [9.17, 15) is 47.1 Å². The van der Waals surface area contributed by atoms with Gasteiger partial charge in [-0.25, -0.2) is 33.6 Å². The molecule has 13 rings (SSSR count). The molecule has 0 saturated carbocycles. The Kier molecular flexibility index (Phi) is 33.3. The third kappa shape index (κ3) is 27.7. The molecule has 0 unspecified atom stereocenters. The zero-order valence-corrected chi connectivity index (χ0v) is 67.7. The number of nitrogens with zero attached hydrogens (tertiary/aromatic N) is 2. The summed E-state index contributed by atoms with van der Waals surface area (Å²) in [6.45, 7) is 25.0. The highest BCUT2D eigenvalue weighted by molar-refractivity contribution is 7.86. The highest BCUT2D eigenvalue weighted by Gasteiger charge is 2.42. The Morgan fingerprint density at radius 3 is 1.32 bits per heavy atom. The number of aryl methyl sites for hydroxylation is 7. The molecule has 114 heavy (non-hydrogen) atoms. The second-order valence-corrected chi connectivity index (χ2v) is 31.6. The topological polar surface area (TPSA) is 361 Å². The summed E-state index contributed by atoms with van der Waals surface area (Å²) in [6.07, 6.45) is 0.461. The fraction of sp³-hybridized carbons (Fsp3) is 0.430. The maximum Gasteiger partial charge on any atom is 0.408 e. The Labute approximate surface area is 668 Å². The number of cyclic esters (lactones) is 4. The van der Waals surface area contributed by atoms with E-state index in [1.54, 1.807) is 32.9 Å². The molecule has 5 amide bonds. The summed E-state index contributed by atoms with van der Waals surface area (Å²) in [6, 6.07) is 50.4.